The van der Waals surface area contributed by atoms with Crippen LogP contribution in [0.2, 0.25) is 0 Å². The molecule has 2 aromatic heterocycles. The molecule has 3 aromatic rings. The third kappa shape index (κ3) is 3.95. The van der Waals surface area contributed by atoms with Gasteiger partial charge in [-0.15, -0.1) is 11.3 Å². The Kier molecular flexibility index (Phi) is 5.89. The van der Waals surface area contributed by atoms with Crippen molar-refractivity contribution in [2.45, 2.75) is 39.3 Å². The van der Waals surface area contributed by atoms with Crippen LogP contribution in [0.15, 0.2) is 24.3 Å². The zero-order chi connectivity index (χ0) is 23.2. The monoisotopic (exact) mass is 480 g/mol. The van der Waals surface area contributed by atoms with Gasteiger partial charge in [0.05, 0.1) is 23.8 Å². The van der Waals surface area contributed by atoms with Crippen molar-refractivity contribution in [1.29, 1.82) is 0 Å². The molecule has 0 aliphatic carbocycles. The molecule has 0 spiro atoms. The van der Waals surface area contributed by atoms with Crippen LogP contribution in [0, 0.1) is 13.8 Å². The summed E-state index contributed by atoms with van der Waals surface area (Å²) in [4.78, 5) is 27.1. The Hall–Kier alpha value is -2.65. The summed E-state index contributed by atoms with van der Waals surface area (Å²) in [6, 6.07) is 7.45. The van der Waals surface area contributed by atoms with Crippen LogP contribution in [0.3, 0.4) is 0 Å². The predicted molar refractivity (Wildman–Crippen MR) is 119 cm³/mol. The Balaban J connectivity index is 1.87. The molecule has 0 saturated carbocycles. The van der Waals surface area contributed by atoms with Crippen molar-refractivity contribution in [3.05, 3.63) is 50.7 Å². The second kappa shape index (κ2) is 8.37. The molecule has 3 heterocycles. The summed E-state index contributed by atoms with van der Waals surface area (Å²) in [6.07, 6.45) is -4.88. The number of benzene rings is 1. The number of hydrogen-bond acceptors (Lipinski definition) is 6. The van der Waals surface area contributed by atoms with Gasteiger partial charge >= 0.3 is 18.1 Å². The van der Waals surface area contributed by atoms with E-state index < -0.39 is 24.5 Å². The van der Waals surface area contributed by atoms with E-state index in [1.807, 2.05) is 24.3 Å². The molecular formula is C23H19F3O4S2. The van der Waals surface area contributed by atoms with Gasteiger partial charge in [-0.3, -0.25) is 0 Å². The zero-order valence-electron chi connectivity index (χ0n) is 17.5. The number of ether oxygens (including phenoxy) is 2. The molecule has 0 unspecified atom stereocenters. The van der Waals surface area contributed by atoms with Gasteiger partial charge in [0, 0.05) is 31.8 Å². The van der Waals surface area contributed by atoms with E-state index in [-0.39, 0.29) is 24.0 Å². The molecule has 32 heavy (non-hydrogen) atoms. The highest BCUT2D eigenvalue weighted by molar-refractivity contribution is 7.21. The van der Waals surface area contributed by atoms with E-state index >= 15 is 0 Å². The number of halogens is 3. The number of aryl methyl sites for hydroxylation is 2. The molecular weight excluding hydrogens is 461 g/mol. The number of hydrogen-bond donors (Lipinski definition) is 0. The van der Waals surface area contributed by atoms with Gasteiger partial charge in [0.25, 0.3) is 0 Å². The van der Waals surface area contributed by atoms with E-state index in [0.717, 1.165) is 19.8 Å². The maximum Gasteiger partial charge on any atom is 0.389 e. The molecule has 9 heteroatoms. The standard InChI is InChI=1S/C23H19F3O4S2/c1-11-14(9-6-10-23(24,25)26)31-12(2)16(11)18-19(21(28)30-20(18)27)17-13-7-4-5-8-15(13)32-22(17)29-3/h4-5,7-8H,6,9-10H2,1-3H3. The Morgan fingerprint density at radius 1 is 1.00 bits per heavy atom. The van der Waals surface area contributed by atoms with Crippen molar-refractivity contribution in [2.24, 2.45) is 0 Å². The van der Waals surface area contributed by atoms with Crippen LogP contribution in [0.5, 0.6) is 5.06 Å². The first-order valence-electron chi connectivity index (χ1n) is 9.85. The van der Waals surface area contributed by atoms with Crippen LogP contribution >= 0.6 is 22.7 Å². The molecule has 4 nitrogen and oxygen atoms in total. The molecule has 168 valence electrons. The highest BCUT2D eigenvalue weighted by Gasteiger charge is 2.40. The lowest BCUT2D eigenvalue weighted by Crippen LogP contribution is -2.07. The smallest absolute Gasteiger partial charge is 0.389 e. The van der Waals surface area contributed by atoms with Gasteiger partial charge in [0.15, 0.2) is 5.06 Å². The van der Waals surface area contributed by atoms with Crippen LogP contribution in [0.25, 0.3) is 21.2 Å². The van der Waals surface area contributed by atoms with Gasteiger partial charge in [-0.2, -0.15) is 13.2 Å². The lowest BCUT2D eigenvalue weighted by atomic mass is 9.93. The van der Waals surface area contributed by atoms with E-state index in [1.165, 1.54) is 29.8 Å². The fourth-order valence-electron chi connectivity index (χ4n) is 4.02. The number of thiophene rings is 2. The van der Waals surface area contributed by atoms with Crippen molar-refractivity contribution >= 4 is 55.8 Å². The highest BCUT2D eigenvalue weighted by Crippen LogP contribution is 2.48. The molecule has 0 saturated heterocycles. The van der Waals surface area contributed by atoms with Crippen molar-refractivity contribution in [3.8, 4) is 5.06 Å². The van der Waals surface area contributed by atoms with E-state index in [4.69, 9.17) is 9.47 Å². The fraction of sp³-hybridized carbons (Fsp3) is 0.304. The third-order valence-electron chi connectivity index (χ3n) is 5.38. The number of methoxy groups -OCH3 is 1. The number of carbonyl (C=O) groups excluding carboxylic acids is 2. The highest BCUT2D eigenvalue weighted by atomic mass is 32.1. The minimum atomic E-state index is -4.21. The summed E-state index contributed by atoms with van der Waals surface area (Å²) in [5.74, 6) is -1.51. The van der Waals surface area contributed by atoms with E-state index in [0.29, 0.717) is 21.8 Å². The predicted octanol–water partition coefficient (Wildman–Crippen LogP) is 6.47. The first kappa shape index (κ1) is 22.5. The minimum absolute atomic E-state index is 0.0397. The average Bonchev–Trinajstić information content (AvgIpc) is 3.31. The molecule has 1 aliphatic rings. The largest absolute Gasteiger partial charge is 0.487 e. The zero-order valence-corrected chi connectivity index (χ0v) is 19.1. The summed E-state index contributed by atoms with van der Waals surface area (Å²) in [7, 11) is 1.50. The van der Waals surface area contributed by atoms with E-state index in [2.05, 4.69) is 0 Å². The van der Waals surface area contributed by atoms with Crippen LogP contribution in [-0.4, -0.2) is 25.2 Å². The average molecular weight is 481 g/mol. The minimum Gasteiger partial charge on any atom is -0.487 e. The summed E-state index contributed by atoms with van der Waals surface area (Å²) in [5, 5.41) is 1.26. The normalized spacial score (nSPS) is 14.6. The summed E-state index contributed by atoms with van der Waals surface area (Å²) in [6.45, 7) is 3.56. The quantitative estimate of drug-likeness (QED) is 0.300. The fourth-order valence-corrected chi connectivity index (χ4v) is 6.27. The molecule has 1 aromatic carbocycles. The lowest BCUT2D eigenvalue weighted by Gasteiger charge is -2.07. The first-order valence-corrected chi connectivity index (χ1v) is 11.5. The summed E-state index contributed by atoms with van der Waals surface area (Å²) < 4.78 is 49.2. The summed E-state index contributed by atoms with van der Waals surface area (Å²) >= 11 is 2.70. The number of fused-ring (bicyclic) bond motifs is 1. The molecule has 0 amide bonds. The Morgan fingerprint density at radius 2 is 1.66 bits per heavy atom. The van der Waals surface area contributed by atoms with Crippen molar-refractivity contribution in [2.75, 3.05) is 7.11 Å². The second-order valence-corrected chi connectivity index (χ2v) is 9.77. The topological polar surface area (TPSA) is 52.6 Å². The van der Waals surface area contributed by atoms with Gasteiger partial charge in [0.2, 0.25) is 0 Å². The maximum absolute atomic E-state index is 12.8. The summed E-state index contributed by atoms with van der Waals surface area (Å²) in [5.41, 5.74) is 2.04. The first-order chi connectivity index (χ1) is 15.1. The number of alkyl halides is 3. The Morgan fingerprint density at radius 3 is 2.31 bits per heavy atom. The molecule has 4 rings (SSSR count). The molecule has 0 fully saturated rings. The van der Waals surface area contributed by atoms with Gasteiger partial charge in [-0.25, -0.2) is 9.59 Å². The number of esters is 2. The van der Waals surface area contributed by atoms with Crippen LogP contribution in [0.1, 0.15) is 39.3 Å². The van der Waals surface area contributed by atoms with Gasteiger partial charge < -0.3 is 9.47 Å². The van der Waals surface area contributed by atoms with Crippen LogP contribution < -0.4 is 4.74 Å². The van der Waals surface area contributed by atoms with Gasteiger partial charge in [-0.05, 0) is 38.3 Å². The van der Waals surface area contributed by atoms with Gasteiger partial charge in [0.1, 0.15) is 0 Å². The molecule has 0 radical (unpaired) electrons. The Labute approximate surface area is 190 Å². The number of cyclic esters (lactones) is 2. The SMILES string of the molecule is COc1sc2ccccc2c1C1=C(c2c(C)sc(CCCC(F)(F)F)c2C)C(=O)OC1=O. The van der Waals surface area contributed by atoms with Crippen LogP contribution in [-0.2, 0) is 20.7 Å². The maximum atomic E-state index is 12.8. The van der Waals surface area contributed by atoms with E-state index in [1.54, 1.807) is 13.8 Å². The second-order valence-electron chi connectivity index (χ2n) is 7.44. The number of carbonyl (C=O) groups is 2. The molecule has 0 bridgehead atoms. The van der Waals surface area contributed by atoms with E-state index in [9.17, 15) is 22.8 Å². The van der Waals surface area contributed by atoms with Crippen molar-refractivity contribution < 1.29 is 32.2 Å². The van der Waals surface area contributed by atoms with Crippen molar-refractivity contribution in [1.82, 2.24) is 0 Å². The molecule has 0 N–H and O–H groups in total. The number of rotatable bonds is 6. The molecule has 0 atom stereocenters. The lowest BCUT2D eigenvalue weighted by molar-refractivity contribution is -0.149. The Bertz CT molecular complexity index is 1260. The third-order valence-corrected chi connectivity index (χ3v) is 7.78. The molecule has 1 aliphatic heterocycles. The van der Waals surface area contributed by atoms with Crippen LogP contribution in [0.4, 0.5) is 13.2 Å². The van der Waals surface area contributed by atoms with Crippen molar-refractivity contribution in [3.63, 3.8) is 0 Å². The van der Waals surface area contributed by atoms with Gasteiger partial charge in [-0.1, -0.05) is 29.5 Å².